The van der Waals surface area contributed by atoms with Crippen LogP contribution in [-0.4, -0.2) is 11.9 Å². The molecule has 2 atom stereocenters. The van der Waals surface area contributed by atoms with Gasteiger partial charge in [0.05, 0.1) is 0 Å². The van der Waals surface area contributed by atoms with Crippen LogP contribution in [0, 0.1) is 32.1 Å². The van der Waals surface area contributed by atoms with Gasteiger partial charge >= 0.3 is 0 Å². The van der Waals surface area contributed by atoms with Crippen molar-refractivity contribution in [2.45, 2.75) is 54.9 Å². The van der Waals surface area contributed by atoms with Gasteiger partial charge in [0.2, 0.25) is 0 Å². The molecule has 145 valence electrons. The van der Waals surface area contributed by atoms with Gasteiger partial charge in [-0.3, -0.25) is 9.36 Å². The van der Waals surface area contributed by atoms with Crippen molar-refractivity contribution in [3.63, 3.8) is 0 Å². The van der Waals surface area contributed by atoms with Crippen LogP contribution in [0.15, 0.2) is 36.4 Å². The molecule has 3 heteroatoms. The molecule has 2 rings (SSSR count). The molecule has 0 saturated carbocycles. The van der Waals surface area contributed by atoms with Crippen LogP contribution in [-0.2, 0) is 4.57 Å². The minimum atomic E-state index is -1.61. The molecule has 1 radical (unpaired) electrons. The number of benzene rings is 2. The normalized spacial score (nSPS) is 13.4. The van der Waals surface area contributed by atoms with E-state index in [0.717, 1.165) is 28.7 Å². The lowest BCUT2D eigenvalue weighted by atomic mass is 9.86. The van der Waals surface area contributed by atoms with Crippen molar-refractivity contribution < 1.29 is 9.36 Å². The Kier molecular flexibility index (Phi) is 6.76. The maximum Gasteiger partial charge on any atom is 0.194 e. The fourth-order valence-corrected chi connectivity index (χ4v) is 5.64. The van der Waals surface area contributed by atoms with Crippen molar-refractivity contribution in [2.24, 2.45) is 11.3 Å². The zero-order chi connectivity index (χ0) is 20.4. The molecule has 2 aromatic carbocycles. The van der Waals surface area contributed by atoms with Gasteiger partial charge in [0.15, 0.2) is 5.78 Å². The lowest BCUT2D eigenvalue weighted by Gasteiger charge is -2.23. The van der Waals surface area contributed by atoms with Gasteiger partial charge in [-0.1, -0.05) is 57.5 Å². The van der Waals surface area contributed by atoms with Crippen molar-refractivity contribution in [3.8, 4) is 0 Å². The third-order valence-corrected chi connectivity index (χ3v) is 6.64. The summed E-state index contributed by atoms with van der Waals surface area (Å²) in [6, 6.07) is 11.5. The van der Waals surface area contributed by atoms with E-state index >= 15 is 0 Å². The van der Waals surface area contributed by atoms with E-state index in [0.29, 0.717) is 22.9 Å². The molecule has 0 N–H and O–H groups in total. The minimum Gasteiger partial charge on any atom is -0.289 e. The molecule has 2 aromatic rings. The highest BCUT2D eigenvalue weighted by molar-refractivity contribution is 7.53. The highest BCUT2D eigenvalue weighted by Gasteiger charge is 2.23. The average Bonchev–Trinajstić information content (AvgIpc) is 2.51. The van der Waals surface area contributed by atoms with E-state index in [9.17, 15) is 9.36 Å². The maximum atomic E-state index is 13.3. The molecular formula is C24H32O2P. The van der Waals surface area contributed by atoms with Gasteiger partial charge in [-0.25, -0.2) is 0 Å². The number of aryl methyl sites for hydroxylation is 3. The Labute approximate surface area is 165 Å². The second-order valence-electron chi connectivity index (χ2n) is 9.05. The van der Waals surface area contributed by atoms with E-state index in [-0.39, 0.29) is 11.2 Å². The van der Waals surface area contributed by atoms with Gasteiger partial charge in [0.25, 0.3) is 0 Å². The maximum absolute atomic E-state index is 13.3. The molecule has 0 heterocycles. The molecule has 0 aliphatic carbocycles. The largest absolute Gasteiger partial charge is 0.289 e. The summed E-state index contributed by atoms with van der Waals surface area (Å²) < 4.78 is 13.1. The summed E-state index contributed by atoms with van der Waals surface area (Å²) >= 11 is 0. The molecule has 0 spiro atoms. The van der Waals surface area contributed by atoms with Crippen LogP contribution in [0.25, 0.3) is 0 Å². The Balaban J connectivity index is 2.36. The van der Waals surface area contributed by atoms with Crippen molar-refractivity contribution in [1.82, 2.24) is 0 Å². The van der Waals surface area contributed by atoms with E-state index in [1.54, 1.807) is 0 Å². The van der Waals surface area contributed by atoms with Crippen LogP contribution in [0.5, 0.6) is 0 Å². The van der Waals surface area contributed by atoms with E-state index < -0.39 is 7.80 Å². The third kappa shape index (κ3) is 5.59. The zero-order valence-corrected chi connectivity index (χ0v) is 18.6. The average molecular weight is 383 g/mol. The van der Waals surface area contributed by atoms with Gasteiger partial charge in [-0.05, 0) is 61.8 Å². The van der Waals surface area contributed by atoms with E-state index in [1.807, 2.05) is 57.2 Å². The number of ketones is 1. The van der Waals surface area contributed by atoms with Crippen LogP contribution in [0.1, 0.15) is 66.7 Å². The van der Waals surface area contributed by atoms with Crippen molar-refractivity contribution in [2.75, 3.05) is 6.16 Å². The van der Waals surface area contributed by atoms with Gasteiger partial charge in [-0.2, -0.15) is 0 Å². The first-order valence-corrected chi connectivity index (χ1v) is 11.1. The fourth-order valence-electron chi connectivity index (χ4n) is 4.05. The van der Waals surface area contributed by atoms with Crippen LogP contribution in [0.3, 0.4) is 0 Å². The summed E-state index contributed by atoms with van der Waals surface area (Å²) in [4.78, 5) is 13.3. The summed E-state index contributed by atoms with van der Waals surface area (Å²) in [5.74, 6) is 0.326. The summed E-state index contributed by atoms with van der Waals surface area (Å²) in [6.45, 7) is 14.8. The number of rotatable bonds is 6. The molecule has 0 bridgehead atoms. The van der Waals surface area contributed by atoms with Gasteiger partial charge < -0.3 is 0 Å². The molecule has 0 amide bonds. The van der Waals surface area contributed by atoms with Crippen LogP contribution >= 0.6 is 7.80 Å². The predicted molar refractivity (Wildman–Crippen MR) is 116 cm³/mol. The topological polar surface area (TPSA) is 34.1 Å². The smallest absolute Gasteiger partial charge is 0.194 e. The van der Waals surface area contributed by atoms with Gasteiger partial charge in [-0.15, -0.1) is 0 Å². The summed E-state index contributed by atoms with van der Waals surface area (Å²) in [6.07, 6.45) is 1.63. The lowest BCUT2D eigenvalue weighted by Crippen LogP contribution is -2.18. The van der Waals surface area contributed by atoms with Crippen molar-refractivity contribution in [1.29, 1.82) is 0 Å². The third-order valence-electron chi connectivity index (χ3n) is 4.76. The molecule has 0 aliphatic heterocycles. The zero-order valence-electron chi connectivity index (χ0n) is 17.7. The predicted octanol–water partition coefficient (Wildman–Crippen LogP) is 6.37. The highest BCUT2D eigenvalue weighted by atomic mass is 31.1. The standard InChI is InChI=1S/C24H32O2P/c1-16-12-18(3)22(19(4)13-16)23(25)20-10-8-9-11-21(20)27(26)15-17(2)14-24(5,6)7/h8-13,17H,14-15H2,1-7H3. The number of hydrogen-bond donors (Lipinski definition) is 0. The molecule has 27 heavy (non-hydrogen) atoms. The molecule has 0 fully saturated rings. The van der Waals surface area contributed by atoms with E-state index in [1.165, 1.54) is 0 Å². The highest BCUT2D eigenvalue weighted by Crippen LogP contribution is 2.32. The second kappa shape index (κ2) is 8.48. The summed E-state index contributed by atoms with van der Waals surface area (Å²) in [7, 11) is -1.61. The number of hydrogen-bond acceptors (Lipinski definition) is 2. The lowest BCUT2D eigenvalue weighted by molar-refractivity contribution is 0.103. The van der Waals surface area contributed by atoms with Crippen molar-refractivity contribution >= 4 is 18.9 Å². The van der Waals surface area contributed by atoms with Gasteiger partial charge in [0.1, 0.15) is 7.80 Å². The number of carbonyl (C=O) groups excluding carboxylic acids is 1. The Bertz CT molecular complexity index is 836. The Morgan fingerprint density at radius 2 is 1.59 bits per heavy atom. The molecule has 0 saturated heterocycles. The monoisotopic (exact) mass is 383 g/mol. The second-order valence-corrected chi connectivity index (χ2v) is 10.7. The Hall–Kier alpha value is -1.79. The Morgan fingerprint density at radius 3 is 2.15 bits per heavy atom. The first-order chi connectivity index (χ1) is 12.5. The van der Waals surface area contributed by atoms with Crippen LogP contribution in [0.2, 0.25) is 0 Å². The fraction of sp³-hybridized carbons (Fsp3) is 0.458. The number of carbonyl (C=O) groups is 1. The van der Waals surface area contributed by atoms with Gasteiger partial charge in [0, 0.05) is 22.6 Å². The molecule has 2 nitrogen and oxygen atoms in total. The SMILES string of the molecule is Cc1cc(C)c(C(=O)c2ccccc2[P](=O)CC(C)CC(C)(C)C)c(C)c1. The minimum absolute atomic E-state index is 0.0209. The first-order valence-electron chi connectivity index (χ1n) is 9.66. The van der Waals surface area contributed by atoms with E-state index in [4.69, 9.17) is 0 Å². The molecule has 2 unspecified atom stereocenters. The van der Waals surface area contributed by atoms with E-state index in [2.05, 4.69) is 27.7 Å². The molecular weight excluding hydrogens is 351 g/mol. The summed E-state index contributed by atoms with van der Waals surface area (Å²) in [5, 5.41) is 0.692. The molecule has 0 aliphatic rings. The quantitative estimate of drug-likeness (QED) is 0.429. The summed E-state index contributed by atoms with van der Waals surface area (Å²) in [5.41, 5.74) is 4.63. The van der Waals surface area contributed by atoms with Crippen LogP contribution < -0.4 is 5.30 Å². The molecule has 0 aromatic heterocycles. The van der Waals surface area contributed by atoms with Crippen LogP contribution in [0.4, 0.5) is 0 Å². The van der Waals surface area contributed by atoms with Crippen molar-refractivity contribution in [3.05, 3.63) is 64.2 Å². The first kappa shape index (κ1) is 21.5. The Morgan fingerprint density at radius 1 is 1.04 bits per heavy atom.